The van der Waals surface area contributed by atoms with Gasteiger partial charge in [-0.2, -0.15) is 0 Å². The normalized spacial score (nSPS) is 31.9. The van der Waals surface area contributed by atoms with Crippen molar-refractivity contribution in [1.29, 1.82) is 0 Å². The minimum atomic E-state index is -1.13. The fourth-order valence-corrected chi connectivity index (χ4v) is 15.3. The van der Waals surface area contributed by atoms with Gasteiger partial charge >= 0.3 is 0 Å². The Morgan fingerprint density at radius 3 is 0.704 bits per heavy atom. The molecule has 584 valence electrons. The molecule has 30 heteroatoms. The van der Waals surface area contributed by atoms with E-state index in [1.807, 2.05) is 123 Å². The number of aliphatic hydroxyl groups is 15. The van der Waals surface area contributed by atoms with Crippen LogP contribution in [0, 0.1) is 58.3 Å². The third-order valence-electron chi connectivity index (χ3n) is 22.3. The molecule has 2 saturated carbocycles. The van der Waals surface area contributed by atoms with Crippen LogP contribution < -0.4 is 0 Å². The van der Waals surface area contributed by atoms with Crippen LogP contribution in [-0.4, -0.2) is 246 Å². The number of aromatic nitrogens is 10. The highest BCUT2D eigenvalue weighted by molar-refractivity contribution is 5.83. The van der Waals surface area contributed by atoms with Gasteiger partial charge in [-0.1, -0.05) is 27.7 Å². The van der Waals surface area contributed by atoms with Crippen LogP contribution in [0.15, 0.2) is 123 Å². The second-order valence-electron chi connectivity index (χ2n) is 30.7. The molecular weight excluding hydrogens is 1400 g/mol. The summed E-state index contributed by atoms with van der Waals surface area (Å²) in [6.07, 6.45) is -1.54. The number of pyridine rings is 5. The van der Waals surface area contributed by atoms with Crippen LogP contribution in [0.2, 0.25) is 0 Å². The lowest BCUT2D eigenvalue weighted by Crippen LogP contribution is -2.41. The summed E-state index contributed by atoms with van der Waals surface area (Å²) in [6, 6.07) is 19.1. The SMILES string of the molecule is Cc1ccnc2c1ccn2C1OC(C(C)O)C(O)C1O.Cc1ccnc2c1ccn2C1OC(C(O)C(C)C)C(O)C1O.Cc1ccnc2c1ccn2C1OC(C(O)C(C)C)C(O)C1O.Cc1ccnc2c1ccn2C1OC(C(O)C2CC2)C(O)C1O.Cc1ccnc2c1ccn2C1OC(C(O)C2CC2)C(O)C1O. The van der Waals surface area contributed by atoms with Crippen molar-refractivity contribution < 1.29 is 100 Å². The third kappa shape index (κ3) is 15.1. The molecule has 15 N–H and O–H groups in total. The molecule has 30 nitrogen and oxygen atoms in total. The first-order chi connectivity index (χ1) is 51.5. The first kappa shape index (κ1) is 78.8. The summed E-state index contributed by atoms with van der Waals surface area (Å²) in [5, 5.41) is 158. The fourth-order valence-electron chi connectivity index (χ4n) is 15.3. The van der Waals surface area contributed by atoms with E-state index in [0.717, 1.165) is 80.4 Å². The number of aryl methyl sites for hydroxylation is 5. The minimum absolute atomic E-state index is 0.0765. The van der Waals surface area contributed by atoms with Gasteiger partial charge in [0.15, 0.2) is 31.1 Å². The van der Waals surface area contributed by atoms with Crippen molar-refractivity contribution in [3.8, 4) is 0 Å². The summed E-state index contributed by atoms with van der Waals surface area (Å²) in [7, 11) is 0. The molecule has 10 aromatic heterocycles. The topological polar surface area (TPSA) is 439 Å². The Bertz CT molecular complexity index is 4250. The molecule has 17 rings (SSSR count). The van der Waals surface area contributed by atoms with Crippen molar-refractivity contribution in [2.45, 2.75) is 248 Å². The van der Waals surface area contributed by atoms with E-state index in [2.05, 4.69) is 24.9 Å². The lowest BCUT2D eigenvalue weighted by Gasteiger charge is -2.23. The van der Waals surface area contributed by atoms with Gasteiger partial charge in [-0.3, -0.25) is 0 Å². The number of fused-ring (bicyclic) bond motifs is 5. The maximum Gasteiger partial charge on any atom is 0.164 e. The van der Waals surface area contributed by atoms with Crippen LogP contribution in [0.1, 0.15) is 119 Å². The summed E-state index contributed by atoms with van der Waals surface area (Å²) in [5.74, 6) is 0.194. The van der Waals surface area contributed by atoms with Gasteiger partial charge in [-0.25, -0.2) is 24.9 Å². The van der Waals surface area contributed by atoms with Crippen molar-refractivity contribution in [2.75, 3.05) is 0 Å². The van der Waals surface area contributed by atoms with Crippen molar-refractivity contribution in [3.05, 3.63) is 150 Å². The van der Waals surface area contributed by atoms with Crippen LogP contribution in [0.3, 0.4) is 0 Å². The smallest absolute Gasteiger partial charge is 0.164 e. The Morgan fingerprint density at radius 1 is 0.296 bits per heavy atom. The van der Waals surface area contributed by atoms with Crippen molar-refractivity contribution in [1.82, 2.24) is 47.8 Å². The highest BCUT2D eigenvalue weighted by atomic mass is 16.6. The highest BCUT2D eigenvalue weighted by Crippen LogP contribution is 2.44. The molecule has 0 radical (unpaired) electrons. The van der Waals surface area contributed by atoms with Crippen molar-refractivity contribution in [3.63, 3.8) is 0 Å². The Hall–Kier alpha value is -7.35. The number of rotatable bonds is 14. The number of hydrogen-bond acceptors (Lipinski definition) is 25. The standard InChI is InChI=1S/2C16H20N2O4.2C16H22N2O4.C14H18N2O4/c2*1-8-4-6-17-15-10(8)5-7-18(15)16-13(21)12(20)14(22-16)11(19)9-2-3-9;2*1-8(2)11(19)14-12(20)13(21)16(22-14)18-7-5-10-9(3)4-6-17-15(10)18;1-7-3-5-15-13-9(7)4-6-16(13)14-11(19)10(18)12(20-14)8(2)17/h2*4-7,9,11-14,16,19-21H,2-3H2,1H3;2*4-8,11-14,16,19-21H,1-3H3;3-6,8,10-12,14,17-19H,1-2H3. The first-order valence-electron chi connectivity index (χ1n) is 37.1. The predicted molar refractivity (Wildman–Crippen MR) is 393 cm³/mol. The number of nitrogens with zero attached hydrogens (tertiary/aromatic N) is 10. The summed E-state index contributed by atoms with van der Waals surface area (Å²) in [4.78, 5) is 21.7. The Labute approximate surface area is 622 Å². The summed E-state index contributed by atoms with van der Waals surface area (Å²) >= 11 is 0. The zero-order chi connectivity index (χ0) is 77.3. The van der Waals surface area contributed by atoms with E-state index < -0.39 is 153 Å². The van der Waals surface area contributed by atoms with E-state index in [4.69, 9.17) is 23.7 Å². The molecule has 2 aliphatic carbocycles. The fraction of sp³-hybridized carbons (Fsp3) is 0.551. The van der Waals surface area contributed by atoms with Gasteiger partial charge in [0.05, 0.1) is 30.5 Å². The van der Waals surface area contributed by atoms with Crippen molar-refractivity contribution >= 4 is 55.2 Å². The minimum Gasteiger partial charge on any atom is -0.391 e. The molecule has 10 aromatic rings. The Balaban J connectivity index is 0.000000119. The molecule has 5 saturated heterocycles. The van der Waals surface area contributed by atoms with E-state index in [1.165, 1.54) is 6.92 Å². The quantitative estimate of drug-likeness (QED) is 0.0736. The Kier molecular flexibility index (Phi) is 23.5. The van der Waals surface area contributed by atoms with Gasteiger partial charge in [0.25, 0.3) is 0 Å². The van der Waals surface area contributed by atoms with Gasteiger partial charge in [0.1, 0.15) is 120 Å². The lowest BCUT2D eigenvalue weighted by molar-refractivity contribution is -0.0961. The van der Waals surface area contributed by atoms with Crippen LogP contribution in [0.4, 0.5) is 0 Å². The van der Waals surface area contributed by atoms with E-state index in [0.29, 0.717) is 28.2 Å². The molecule has 0 amide bonds. The van der Waals surface area contributed by atoms with E-state index in [9.17, 15) is 76.6 Å². The van der Waals surface area contributed by atoms with E-state index in [-0.39, 0.29) is 23.7 Å². The summed E-state index contributed by atoms with van der Waals surface area (Å²) < 4.78 is 37.4. The van der Waals surface area contributed by atoms with E-state index >= 15 is 0 Å². The average molecular weight is 1500 g/mol. The molecule has 5 aliphatic heterocycles. The molecule has 15 heterocycles. The zero-order valence-corrected chi connectivity index (χ0v) is 61.8. The number of hydrogen-bond donors (Lipinski definition) is 15. The molecule has 0 aromatic carbocycles. The highest BCUT2D eigenvalue weighted by Gasteiger charge is 2.54. The molecule has 7 fully saturated rings. The van der Waals surface area contributed by atoms with Gasteiger partial charge < -0.3 is 123 Å². The second kappa shape index (κ2) is 32.2. The van der Waals surface area contributed by atoms with Gasteiger partial charge in [-0.15, -0.1) is 0 Å². The predicted octanol–water partition coefficient (Wildman–Crippen LogP) is 3.78. The van der Waals surface area contributed by atoms with Crippen LogP contribution in [0.25, 0.3) is 55.2 Å². The molecule has 108 heavy (non-hydrogen) atoms. The van der Waals surface area contributed by atoms with Gasteiger partial charge in [0.2, 0.25) is 0 Å². The summed E-state index contributed by atoms with van der Waals surface area (Å²) in [6.45, 7) is 18.8. The average Bonchev–Trinajstić information content (AvgIpc) is 1.63. The monoisotopic (exact) mass is 1500 g/mol. The number of ether oxygens (including phenoxy) is 5. The van der Waals surface area contributed by atoms with E-state index in [1.54, 1.807) is 84.8 Å². The molecule has 0 spiro atoms. The molecular formula is C78H102N10O20. The van der Waals surface area contributed by atoms with Crippen LogP contribution in [-0.2, 0) is 23.7 Å². The number of aliphatic hydroxyl groups excluding tert-OH is 15. The van der Waals surface area contributed by atoms with Crippen LogP contribution >= 0.6 is 0 Å². The molecule has 25 unspecified atom stereocenters. The maximum absolute atomic E-state index is 10.3. The molecule has 0 bridgehead atoms. The maximum atomic E-state index is 10.3. The van der Waals surface area contributed by atoms with Crippen LogP contribution in [0.5, 0.6) is 0 Å². The van der Waals surface area contributed by atoms with Crippen molar-refractivity contribution in [2.24, 2.45) is 23.7 Å². The molecule has 25 atom stereocenters. The summed E-state index contributed by atoms with van der Waals surface area (Å²) in [5.41, 5.74) is 8.90. The third-order valence-corrected chi connectivity index (χ3v) is 22.3. The lowest BCUT2D eigenvalue weighted by atomic mass is 9.97. The van der Waals surface area contributed by atoms with Gasteiger partial charge in [-0.05, 0) is 179 Å². The van der Waals surface area contributed by atoms with Gasteiger partial charge in [0, 0.05) is 88.9 Å². The largest absolute Gasteiger partial charge is 0.391 e. The zero-order valence-electron chi connectivity index (χ0n) is 61.8. The second-order valence-corrected chi connectivity index (χ2v) is 30.7. The first-order valence-corrected chi connectivity index (χ1v) is 37.1. The Morgan fingerprint density at radius 2 is 0.500 bits per heavy atom. The molecule has 7 aliphatic rings.